The number of aromatic nitrogens is 2. The third kappa shape index (κ3) is 3.25. The molecular formula is C16H8Cl2F2N2O. The molecule has 116 valence electrons. The molecule has 23 heavy (non-hydrogen) atoms. The van der Waals surface area contributed by atoms with Crippen LogP contribution in [-0.4, -0.2) is 9.97 Å². The van der Waals surface area contributed by atoms with Gasteiger partial charge < -0.3 is 4.98 Å². The molecule has 1 heterocycles. The summed E-state index contributed by atoms with van der Waals surface area (Å²) in [7, 11) is 0. The smallest absolute Gasteiger partial charge is 0.259 e. The van der Waals surface area contributed by atoms with Gasteiger partial charge in [-0.3, -0.25) is 4.79 Å². The van der Waals surface area contributed by atoms with Gasteiger partial charge >= 0.3 is 0 Å². The number of hydrogen-bond acceptors (Lipinski definition) is 2. The van der Waals surface area contributed by atoms with Gasteiger partial charge in [0.2, 0.25) is 0 Å². The van der Waals surface area contributed by atoms with Gasteiger partial charge in [-0.15, -0.1) is 0 Å². The van der Waals surface area contributed by atoms with Gasteiger partial charge in [-0.05, 0) is 42.5 Å². The summed E-state index contributed by atoms with van der Waals surface area (Å²) in [6.45, 7) is 0. The zero-order valence-corrected chi connectivity index (χ0v) is 12.9. The molecule has 0 bridgehead atoms. The second kappa shape index (κ2) is 6.10. The van der Waals surface area contributed by atoms with Crippen LogP contribution in [0.5, 0.6) is 0 Å². The Kier molecular flexibility index (Phi) is 4.15. The zero-order valence-electron chi connectivity index (χ0n) is 11.4. The Hall–Kier alpha value is -2.24. The van der Waals surface area contributed by atoms with E-state index in [-0.39, 0.29) is 16.4 Å². The van der Waals surface area contributed by atoms with Crippen molar-refractivity contribution in [2.24, 2.45) is 0 Å². The predicted molar refractivity (Wildman–Crippen MR) is 87.5 cm³/mol. The number of fused-ring (bicyclic) bond motifs is 1. The van der Waals surface area contributed by atoms with Crippen LogP contribution < -0.4 is 5.56 Å². The first-order valence-electron chi connectivity index (χ1n) is 6.46. The first-order chi connectivity index (χ1) is 10.9. The summed E-state index contributed by atoms with van der Waals surface area (Å²) in [4.78, 5) is 18.7. The molecule has 0 amide bonds. The number of aromatic amines is 1. The maximum absolute atomic E-state index is 13.6. The van der Waals surface area contributed by atoms with Crippen molar-refractivity contribution in [3.63, 3.8) is 0 Å². The molecule has 0 aliphatic heterocycles. The highest BCUT2D eigenvalue weighted by Gasteiger charge is 2.09. The van der Waals surface area contributed by atoms with Crippen LogP contribution in [0.3, 0.4) is 0 Å². The fraction of sp³-hybridized carbons (Fsp3) is 0. The standard InChI is InChI=1S/C16H8Cl2F2N2O/c17-9-1-4-14-11(7-9)16(23)22-15(21-14)12(18)6-8-5-10(19)2-3-13(8)20/h1-7H,(H,21,22,23)/b12-6-. The number of rotatable bonds is 2. The molecule has 7 heteroatoms. The van der Waals surface area contributed by atoms with E-state index in [1.165, 1.54) is 12.1 Å². The SMILES string of the molecule is O=c1[nH]c(/C(Cl)=C/c2cc(F)ccc2F)nc2ccc(Cl)cc12. The molecule has 0 radical (unpaired) electrons. The first kappa shape index (κ1) is 15.6. The average Bonchev–Trinajstić information content (AvgIpc) is 2.51. The third-order valence-corrected chi connectivity index (χ3v) is 3.66. The van der Waals surface area contributed by atoms with Crippen LogP contribution in [0.2, 0.25) is 5.02 Å². The Labute approximate surface area is 139 Å². The summed E-state index contributed by atoms with van der Waals surface area (Å²) in [5.74, 6) is -1.19. The molecule has 0 saturated heterocycles. The highest BCUT2D eigenvalue weighted by Crippen LogP contribution is 2.22. The van der Waals surface area contributed by atoms with Crippen molar-refractivity contribution >= 4 is 45.2 Å². The quantitative estimate of drug-likeness (QED) is 0.732. The minimum atomic E-state index is -0.639. The molecule has 0 saturated carbocycles. The van der Waals surface area contributed by atoms with E-state index in [0.717, 1.165) is 18.2 Å². The largest absolute Gasteiger partial charge is 0.305 e. The summed E-state index contributed by atoms with van der Waals surface area (Å²) in [6.07, 6.45) is 1.19. The summed E-state index contributed by atoms with van der Waals surface area (Å²) < 4.78 is 26.8. The number of nitrogens with one attached hydrogen (secondary N) is 1. The third-order valence-electron chi connectivity index (χ3n) is 3.13. The Morgan fingerprint density at radius 2 is 1.96 bits per heavy atom. The lowest BCUT2D eigenvalue weighted by Gasteiger charge is -2.03. The zero-order chi connectivity index (χ0) is 16.6. The maximum Gasteiger partial charge on any atom is 0.259 e. The molecule has 0 spiro atoms. The summed E-state index contributed by atoms with van der Waals surface area (Å²) in [5, 5.41) is 0.687. The van der Waals surface area contributed by atoms with Crippen molar-refractivity contribution in [3.8, 4) is 0 Å². The summed E-state index contributed by atoms with van der Waals surface area (Å²) in [5.41, 5.74) is -0.0907. The van der Waals surface area contributed by atoms with Crippen LogP contribution in [0.1, 0.15) is 11.4 Å². The van der Waals surface area contributed by atoms with Crippen molar-refractivity contribution in [2.45, 2.75) is 0 Å². The average molecular weight is 353 g/mol. The summed E-state index contributed by atoms with van der Waals surface area (Å²) >= 11 is 11.9. The van der Waals surface area contributed by atoms with E-state index in [4.69, 9.17) is 23.2 Å². The predicted octanol–water partition coefficient (Wildman–Crippen LogP) is 4.59. The highest BCUT2D eigenvalue weighted by atomic mass is 35.5. The van der Waals surface area contributed by atoms with E-state index in [2.05, 4.69) is 9.97 Å². The minimum Gasteiger partial charge on any atom is -0.305 e. The molecule has 0 aliphatic carbocycles. The van der Waals surface area contributed by atoms with Crippen LogP contribution >= 0.6 is 23.2 Å². The molecule has 1 N–H and O–H groups in total. The van der Waals surface area contributed by atoms with Gasteiger partial charge in [0.1, 0.15) is 11.6 Å². The van der Waals surface area contributed by atoms with Crippen molar-refractivity contribution in [1.29, 1.82) is 0 Å². The van der Waals surface area contributed by atoms with Gasteiger partial charge in [-0.25, -0.2) is 13.8 Å². The number of hydrogen-bond donors (Lipinski definition) is 1. The van der Waals surface area contributed by atoms with E-state index < -0.39 is 17.2 Å². The van der Waals surface area contributed by atoms with Crippen LogP contribution in [-0.2, 0) is 0 Å². The van der Waals surface area contributed by atoms with Crippen LogP contribution in [0.15, 0.2) is 41.2 Å². The molecule has 0 fully saturated rings. The molecule has 0 unspecified atom stereocenters. The molecule has 3 nitrogen and oxygen atoms in total. The molecule has 0 aliphatic rings. The van der Waals surface area contributed by atoms with Crippen molar-refractivity contribution in [3.05, 3.63) is 74.8 Å². The van der Waals surface area contributed by atoms with Crippen molar-refractivity contribution < 1.29 is 8.78 Å². The fourth-order valence-corrected chi connectivity index (χ4v) is 2.43. The Morgan fingerprint density at radius 1 is 1.17 bits per heavy atom. The second-order valence-electron chi connectivity index (χ2n) is 4.73. The van der Waals surface area contributed by atoms with E-state index >= 15 is 0 Å². The Bertz CT molecular complexity index is 999. The fourth-order valence-electron chi connectivity index (χ4n) is 2.05. The topological polar surface area (TPSA) is 45.8 Å². The maximum atomic E-state index is 13.6. The van der Waals surface area contributed by atoms with Gasteiger partial charge in [0, 0.05) is 10.6 Å². The van der Waals surface area contributed by atoms with Crippen LogP contribution in [0, 0.1) is 11.6 Å². The monoisotopic (exact) mass is 352 g/mol. The van der Waals surface area contributed by atoms with Gasteiger partial charge in [0.05, 0.1) is 15.9 Å². The van der Waals surface area contributed by atoms with E-state index in [0.29, 0.717) is 15.9 Å². The lowest BCUT2D eigenvalue weighted by atomic mass is 10.2. The van der Waals surface area contributed by atoms with Gasteiger partial charge in [0.25, 0.3) is 5.56 Å². The molecule has 1 aromatic heterocycles. The molecule has 3 aromatic rings. The number of halogens is 4. The van der Waals surface area contributed by atoms with Gasteiger partial charge in [-0.1, -0.05) is 23.2 Å². The first-order valence-corrected chi connectivity index (χ1v) is 7.22. The van der Waals surface area contributed by atoms with E-state index in [1.807, 2.05) is 0 Å². The van der Waals surface area contributed by atoms with Crippen molar-refractivity contribution in [1.82, 2.24) is 9.97 Å². The highest BCUT2D eigenvalue weighted by molar-refractivity contribution is 6.50. The second-order valence-corrected chi connectivity index (χ2v) is 5.58. The summed E-state index contributed by atoms with van der Waals surface area (Å²) in [6, 6.07) is 7.63. The number of H-pyrrole nitrogens is 1. The lowest BCUT2D eigenvalue weighted by molar-refractivity contribution is 0.598. The van der Waals surface area contributed by atoms with Crippen LogP contribution in [0.4, 0.5) is 8.78 Å². The van der Waals surface area contributed by atoms with Gasteiger partial charge in [-0.2, -0.15) is 0 Å². The van der Waals surface area contributed by atoms with Gasteiger partial charge in [0.15, 0.2) is 5.82 Å². The number of nitrogens with zero attached hydrogens (tertiary/aromatic N) is 1. The molecular weight excluding hydrogens is 345 g/mol. The van der Waals surface area contributed by atoms with Crippen LogP contribution in [0.25, 0.3) is 22.0 Å². The van der Waals surface area contributed by atoms with Crippen molar-refractivity contribution in [2.75, 3.05) is 0 Å². The Balaban J connectivity index is 2.12. The number of benzene rings is 2. The lowest BCUT2D eigenvalue weighted by Crippen LogP contribution is -2.10. The Morgan fingerprint density at radius 3 is 2.74 bits per heavy atom. The van der Waals surface area contributed by atoms with E-state index in [9.17, 15) is 13.6 Å². The van der Waals surface area contributed by atoms with E-state index in [1.54, 1.807) is 12.1 Å². The normalized spacial score (nSPS) is 11.9. The minimum absolute atomic E-state index is 0.0246. The molecule has 2 aromatic carbocycles. The molecule has 3 rings (SSSR count). The molecule has 0 atom stereocenters.